The Bertz CT molecular complexity index is 388. The Morgan fingerprint density at radius 3 is 2.57 bits per heavy atom. The molecule has 0 aromatic heterocycles. The number of hydrogen-bond donors (Lipinski definition) is 1. The van der Waals surface area contributed by atoms with Gasteiger partial charge in [-0.25, -0.2) is 0 Å². The minimum atomic E-state index is -0.761. The molecule has 120 valence electrons. The second-order valence-corrected chi connectivity index (χ2v) is 5.04. The molecular weight excluding hydrogens is 276 g/mol. The van der Waals surface area contributed by atoms with E-state index in [1.54, 1.807) is 7.11 Å². The van der Waals surface area contributed by atoms with Crippen LogP contribution in [0.15, 0.2) is 11.3 Å². The van der Waals surface area contributed by atoms with Gasteiger partial charge in [-0.05, 0) is 19.3 Å². The van der Waals surface area contributed by atoms with E-state index in [9.17, 15) is 9.59 Å². The lowest BCUT2D eigenvalue weighted by atomic mass is 10.0. The highest BCUT2D eigenvalue weighted by atomic mass is 16.7. The molecule has 0 bridgehead atoms. The molecule has 0 saturated carbocycles. The minimum Gasteiger partial charge on any atom is -0.501 e. The molecule has 1 aliphatic carbocycles. The van der Waals surface area contributed by atoms with Crippen LogP contribution < -0.4 is 0 Å². The highest BCUT2D eigenvalue weighted by Gasteiger charge is 2.34. The molecule has 1 atom stereocenters. The maximum Gasteiger partial charge on any atom is 0.303 e. The number of carbonyl (C=O) groups is 2. The van der Waals surface area contributed by atoms with Crippen molar-refractivity contribution in [3.05, 3.63) is 11.3 Å². The number of rotatable bonds is 11. The molecule has 21 heavy (non-hydrogen) atoms. The van der Waals surface area contributed by atoms with Crippen molar-refractivity contribution in [2.24, 2.45) is 0 Å². The monoisotopic (exact) mass is 300 g/mol. The highest BCUT2D eigenvalue weighted by Crippen LogP contribution is 2.29. The fourth-order valence-corrected chi connectivity index (χ4v) is 2.40. The first-order valence-electron chi connectivity index (χ1n) is 7.22. The van der Waals surface area contributed by atoms with E-state index in [1.165, 1.54) is 7.11 Å². The molecule has 0 aliphatic heterocycles. The van der Waals surface area contributed by atoms with Crippen LogP contribution in [0.4, 0.5) is 0 Å². The van der Waals surface area contributed by atoms with Crippen LogP contribution in [0.25, 0.3) is 0 Å². The predicted octanol–water partition coefficient (Wildman–Crippen LogP) is 2.27. The maximum absolute atomic E-state index is 12.2. The molecule has 1 aliphatic rings. The van der Waals surface area contributed by atoms with E-state index in [1.807, 2.05) is 0 Å². The molecule has 1 unspecified atom stereocenters. The predicted molar refractivity (Wildman–Crippen MR) is 75.7 cm³/mol. The molecule has 1 N–H and O–H groups in total. The van der Waals surface area contributed by atoms with E-state index in [-0.39, 0.29) is 19.0 Å². The fourth-order valence-electron chi connectivity index (χ4n) is 2.40. The third-order valence-electron chi connectivity index (χ3n) is 3.50. The Balaban J connectivity index is 2.34. The van der Waals surface area contributed by atoms with Gasteiger partial charge in [-0.15, -0.1) is 0 Å². The molecule has 1 rings (SSSR count). The topological polar surface area (TPSA) is 82.1 Å². The molecule has 0 radical (unpaired) electrons. The van der Waals surface area contributed by atoms with Crippen molar-refractivity contribution in [1.82, 2.24) is 0 Å². The van der Waals surface area contributed by atoms with Gasteiger partial charge in [0.15, 0.2) is 5.78 Å². The van der Waals surface area contributed by atoms with Gasteiger partial charge in [0.1, 0.15) is 18.7 Å². The summed E-state index contributed by atoms with van der Waals surface area (Å²) in [5.74, 6) is -0.0791. The molecule has 0 spiro atoms. The summed E-state index contributed by atoms with van der Waals surface area (Å²) in [7, 11) is 3.08. The van der Waals surface area contributed by atoms with Crippen molar-refractivity contribution in [2.45, 2.75) is 51.0 Å². The Labute approximate surface area is 125 Å². The minimum absolute atomic E-state index is 0.0190. The van der Waals surface area contributed by atoms with E-state index in [4.69, 9.17) is 19.3 Å². The summed E-state index contributed by atoms with van der Waals surface area (Å²) in [6, 6.07) is 0. The molecule has 0 fully saturated rings. The van der Waals surface area contributed by atoms with Crippen LogP contribution in [-0.4, -0.2) is 44.0 Å². The Morgan fingerprint density at radius 2 is 1.95 bits per heavy atom. The lowest BCUT2D eigenvalue weighted by molar-refractivity contribution is -0.137. The van der Waals surface area contributed by atoms with Gasteiger partial charge in [-0.1, -0.05) is 12.8 Å². The first-order valence-corrected chi connectivity index (χ1v) is 7.22. The zero-order valence-corrected chi connectivity index (χ0v) is 12.7. The number of methoxy groups -OCH3 is 2. The van der Waals surface area contributed by atoms with Crippen molar-refractivity contribution in [2.75, 3.05) is 21.0 Å². The van der Waals surface area contributed by atoms with Crippen molar-refractivity contribution in [3.63, 3.8) is 0 Å². The van der Waals surface area contributed by atoms with Gasteiger partial charge in [-0.2, -0.15) is 0 Å². The van der Waals surface area contributed by atoms with E-state index >= 15 is 0 Å². The molecule has 0 amide bonds. The summed E-state index contributed by atoms with van der Waals surface area (Å²) in [5, 5.41) is 8.55. The third kappa shape index (κ3) is 5.85. The molecular formula is C15H24O6. The molecule has 6 nitrogen and oxygen atoms in total. The number of Topliss-reactive ketones (excluding diaryl/α,β-unsaturated/α-hetero) is 1. The number of aliphatic carboxylic acids is 1. The summed E-state index contributed by atoms with van der Waals surface area (Å²) in [5.41, 5.74) is 0.705. The summed E-state index contributed by atoms with van der Waals surface area (Å²) in [6.45, 7) is 0.0931. The first kappa shape index (κ1) is 17.7. The highest BCUT2D eigenvalue weighted by molar-refractivity contribution is 6.01. The smallest absolute Gasteiger partial charge is 0.303 e. The van der Waals surface area contributed by atoms with E-state index < -0.39 is 12.1 Å². The number of unbranched alkanes of at least 4 members (excludes halogenated alkanes) is 3. The third-order valence-corrected chi connectivity index (χ3v) is 3.50. The number of carboxylic acids is 1. The van der Waals surface area contributed by atoms with Gasteiger partial charge < -0.3 is 19.3 Å². The molecule has 0 saturated heterocycles. The van der Waals surface area contributed by atoms with Crippen LogP contribution in [0.5, 0.6) is 0 Å². The van der Waals surface area contributed by atoms with Gasteiger partial charge in [0, 0.05) is 25.5 Å². The Hall–Kier alpha value is -1.40. The lowest BCUT2D eigenvalue weighted by Gasteiger charge is -2.09. The number of carboxylic acid groups (broad SMARTS) is 1. The normalized spacial score (nSPS) is 18.4. The molecule has 0 heterocycles. The van der Waals surface area contributed by atoms with Crippen molar-refractivity contribution in [3.8, 4) is 0 Å². The van der Waals surface area contributed by atoms with E-state index in [0.717, 1.165) is 19.3 Å². The van der Waals surface area contributed by atoms with Gasteiger partial charge in [0.25, 0.3) is 0 Å². The molecule has 0 aromatic rings. The van der Waals surface area contributed by atoms with E-state index in [0.29, 0.717) is 30.6 Å². The van der Waals surface area contributed by atoms with Gasteiger partial charge >= 0.3 is 5.97 Å². The zero-order chi connectivity index (χ0) is 15.7. The van der Waals surface area contributed by atoms with Crippen molar-refractivity contribution < 1.29 is 28.9 Å². The number of hydrogen-bond acceptors (Lipinski definition) is 5. The number of carbonyl (C=O) groups excluding carboxylic acids is 1. The average Bonchev–Trinajstić information content (AvgIpc) is 2.76. The Morgan fingerprint density at radius 1 is 1.24 bits per heavy atom. The second-order valence-electron chi connectivity index (χ2n) is 5.04. The summed E-state index contributed by atoms with van der Waals surface area (Å²) < 4.78 is 15.4. The molecule has 0 aromatic carbocycles. The number of ether oxygens (including phenoxy) is 3. The lowest BCUT2D eigenvalue weighted by Crippen LogP contribution is -2.21. The standard InChI is InChI=1S/C15H24O6/c1-19-10-21-13-9-12(20-2)11(15(13)18)7-5-3-4-6-8-14(16)17/h13H,3-10H2,1-2H3,(H,16,17). The van der Waals surface area contributed by atoms with Gasteiger partial charge in [-0.3, -0.25) is 9.59 Å². The number of ketones is 1. The second kappa shape index (κ2) is 9.52. The van der Waals surface area contributed by atoms with Crippen LogP contribution in [-0.2, 0) is 23.8 Å². The average molecular weight is 300 g/mol. The Kier molecular flexibility index (Phi) is 8.00. The van der Waals surface area contributed by atoms with Gasteiger partial charge in [0.05, 0.1) is 7.11 Å². The summed E-state index contributed by atoms with van der Waals surface area (Å²) in [4.78, 5) is 22.6. The van der Waals surface area contributed by atoms with Crippen molar-refractivity contribution in [1.29, 1.82) is 0 Å². The quantitative estimate of drug-likeness (QED) is 0.465. The van der Waals surface area contributed by atoms with Crippen molar-refractivity contribution >= 4 is 11.8 Å². The maximum atomic E-state index is 12.2. The van der Waals surface area contributed by atoms with Crippen LogP contribution in [0, 0.1) is 0 Å². The fraction of sp³-hybridized carbons (Fsp3) is 0.733. The van der Waals surface area contributed by atoms with E-state index in [2.05, 4.69) is 0 Å². The molecule has 6 heteroatoms. The summed E-state index contributed by atoms with van der Waals surface area (Å²) >= 11 is 0. The van der Waals surface area contributed by atoms with Crippen LogP contribution >= 0.6 is 0 Å². The largest absolute Gasteiger partial charge is 0.501 e. The zero-order valence-electron chi connectivity index (χ0n) is 12.7. The van der Waals surface area contributed by atoms with Crippen LogP contribution in [0.3, 0.4) is 0 Å². The summed E-state index contributed by atoms with van der Waals surface area (Å²) in [6.07, 6.45) is 4.13. The SMILES string of the molecule is COCOC1CC(OC)=C(CCCCCCC(=O)O)C1=O. The van der Waals surface area contributed by atoms with Crippen LogP contribution in [0.2, 0.25) is 0 Å². The van der Waals surface area contributed by atoms with Crippen LogP contribution in [0.1, 0.15) is 44.9 Å². The van der Waals surface area contributed by atoms with Gasteiger partial charge in [0.2, 0.25) is 0 Å². The first-order chi connectivity index (χ1) is 10.1.